The predicted octanol–water partition coefficient (Wildman–Crippen LogP) is 5.57. The van der Waals surface area contributed by atoms with Crippen molar-refractivity contribution in [2.75, 3.05) is 11.9 Å². The molecule has 0 aliphatic heterocycles. The Bertz CT molecular complexity index is 1550. The Balaban J connectivity index is 1.26. The van der Waals surface area contributed by atoms with Crippen LogP contribution in [-0.2, 0) is 22.9 Å². The number of para-hydroxylation sites is 1. The maximum atomic E-state index is 13.4. The monoisotopic (exact) mass is 549 g/mol. The van der Waals surface area contributed by atoms with Gasteiger partial charge in [0.2, 0.25) is 15.2 Å². The lowest BCUT2D eigenvalue weighted by molar-refractivity contribution is 0.102. The molecule has 0 radical (unpaired) electrons. The lowest BCUT2D eigenvalue weighted by Crippen LogP contribution is -2.41. The largest absolute Gasteiger partial charge is 0.306 e. The molecule has 8 nitrogen and oxygen atoms in total. The molecule has 2 aliphatic rings. The molecule has 4 aromatic rings. The Kier molecular flexibility index (Phi) is 6.79. The molecule has 1 saturated carbocycles. The summed E-state index contributed by atoms with van der Waals surface area (Å²) in [5.74, 6) is 0.346. The molecule has 10 heteroatoms. The van der Waals surface area contributed by atoms with Crippen LogP contribution in [0.1, 0.15) is 67.1 Å². The average molecular weight is 550 g/mol. The van der Waals surface area contributed by atoms with Gasteiger partial charge in [0.15, 0.2) is 0 Å². The number of hydrogen-bond acceptors (Lipinski definition) is 6. The molecule has 2 aromatic carbocycles. The molecule has 1 N–H and O–H groups in total. The fourth-order valence-corrected chi connectivity index (χ4v) is 8.31. The normalized spacial score (nSPS) is 16.3. The number of carbonyl (C=O) groups excluding carboxylic acids is 1. The smallest absolute Gasteiger partial charge is 0.256 e. The van der Waals surface area contributed by atoms with Crippen molar-refractivity contribution in [1.82, 2.24) is 19.1 Å². The number of carbonyl (C=O) groups is 1. The number of amides is 1. The Morgan fingerprint density at radius 2 is 1.82 bits per heavy atom. The molecule has 2 heterocycles. The van der Waals surface area contributed by atoms with Crippen molar-refractivity contribution < 1.29 is 13.2 Å². The lowest BCUT2D eigenvalue weighted by atomic mass is 9.95. The summed E-state index contributed by atoms with van der Waals surface area (Å²) in [7, 11) is -3.63. The summed E-state index contributed by atoms with van der Waals surface area (Å²) < 4.78 is 31.3. The summed E-state index contributed by atoms with van der Waals surface area (Å²) in [5.41, 5.74) is 3.33. The number of nitrogens with one attached hydrogen (secondary N) is 1. The van der Waals surface area contributed by atoms with Crippen LogP contribution >= 0.6 is 11.3 Å². The minimum atomic E-state index is -3.63. The van der Waals surface area contributed by atoms with Crippen LogP contribution < -0.4 is 5.32 Å². The number of thiazole rings is 1. The van der Waals surface area contributed by atoms with Gasteiger partial charge in [-0.2, -0.15) is 14.1 Å². The first-order valence-electron chi connectivity index (χ1n) is 13.4. The number of anilines is 1. The van der Waals surface area contributed by atoms with Crippen molar-refractivity contribution >= 4 is 43.3 Å². The Morgan fingerprint density at radius 1 is 1.05 bits per heavy atom. The summed E-state index contributed by atoms with van der Waals surface area (Å²) in [6.45, 7) is 2.33. The zero-order valence-electron chi connectivity index (χ0n) is 21.4. The molecule has 0 atom stereocenters. The van der Waals surface area contributed by atoms with Gasteiger partial charge in [-0.3, -0.25) is 4.79 Å². The van der Waals surface area contributed by atoms with E-state index in [-0.39, 0.29) is 16.8 Å². The zero-order valence-corrected chi connectivity index (χ0v) is 23.0. The first kappa shape index (κ1) is 25.2. The highest BCUT2D eigenvalue weighted by atomic mass is 32.2. The zero-order chi connectivity index (χ0) is 26.3. The summed E-state index contributed by atoms with van der Waals surface area (Å²) in [4.78, 5) is 18.3. The van der Waals surface area contributed by atoms with Gasteiger partial charge in [0.25, 0.3) is 5.91 Å². The third-order valence-electron chi connectivity index (χ3n) is 7.62. The van der Waals surface area contributed by atoms with Gasteiger partial charge in [-0.25, -0.2) is 13.4 Å². The van der Waals surface area contributed by atoms with Gasteiger partial charge < -0.3 is 5.32 Å². The van der Waals surface area contributed by atoms with E-state index in [1.165, 1.54) is 17.8 Å². The third kappa shape index (κ3) is 4.54. The highest BCUT2D eigenvalue weighted by Gasteiger charge is 2.31. The van der Waals surface area contributed by atoms with E-state index in [4.69, 9.17) is 10.1 Å². The topological polar surface area (TPSA) is 97.2 Å². The first-order chi connectivity index (χ1) is 18.5. The maximum Gasteiger partial charge on any atom is 0.256 e. The van der Waals surface area contributed by atoms with E-state index in [0.29, 0.717) is 23.1 Å². The molecule has 0 bridgehead atoms. The molecule has 0 unspecified atom stereocenters. The highest BCUT2D eigenvalue weighted by molar-refractivity contribution is 7.89. The van der Waals surface area contributed by atoms with Crippen molar-refractivity contribution in [2.24, 2.45) is 0 Å². The summed E-state index contributed by atoms with van der Waals surface area (Å²) in [6.07, 6.45) is 7.82. The molecular weight excluding hydrogens is 518 g/mol. The molecule has 6 rings (SSSR count). The number of rotatable bonds is 7. The average Bonchev–Trinajstić information content (AvgIpc) is 3.65. The number of benzene rings is 2. The number of aromatic nitrogens is 3. The van der Waals surface area contributed by atoms with Crippen molar-refractivity contribution in [2.45, 2.75) is 69.2 Å². The summed E-state index contributed by atoms with van der Waals surface area (Å²) >= 11 is 1.53. The standard InChI is InChI=1S/C28H31N5O3S2/c1-2-32(20-9-4-3-5-10-20)38(35,36)21-17-15-19(16-18-21)27(34)30-26-22-11-8-13-23(22)31-33(26)28-29-24-12-6-7-14-25(24)37-28/h6-7,12,14-18,20H,2-5,8-11,13H2,1H3,(H,30,34). The summed E-state index contributed by atoms with van der Waals surface area (Å²) in [5, 5.41) is 8.56. The van der Waals surface area contributed by atoms with E-state index in [0.717, 1.165) is 66.4 Å². The van der Waals surface area contributed by atoms with Gasteiger partial charge in [0.1, 0.15) is 5.82 Å². The third-order valence-corrected chi connectivity index (χ3v) is 10.7. The molecule has 1 amide bonds. The van der Waals surface area contributed by atoms with Crippen LogP contribution in [0.25, 0.3) is 15.3 Å². The van der Waals surface area contributed by atoms with Crippen LogP contribution in [-0.4, -0.2) is 46.0 Å². The number of nitrogens with zero attached hydrogens (tertiary/aromatic N) is 4. The second-order valence-electron chi connectivity index (χ2n) is 9.98. The van der Waals surface area contributed by atoms with E-state index < -0.39 is 10.0 Å². The highest BCUT2D eigenvalue weighted by Crippen LogP contribution is 2.34. The summed E-state index contributed by atoms with van der Waals surface area (Å²) in [6, 6.07) is 14.3. The molecule has 38 heavy (non-hydrogen) atoms. The number of fused-ring (bicyclic) bond motifs is 2. The van der Waals surface area contributed by atoms with E-state index >= 15 is 0 Å². The van der Waals surface area contributed by atoms with Gasteiger partial charge in [-0.15, -0.1) is 0 Å². The van der Waals surface area contributed by atoms with E-state index in [2.05, 4.69) is 5.32 Å². The minimum absolute atomic E-state index is 0.0478. The van der Waals surface area contributed by atoms with Crippen LogP contribution in [0, 0.1) is 0 Å². The van der Waals surface area contributed by atoms with Gasteiger partial charge in [-0.1, -0.05) is 49.7 Å². The Morgan fingerprint density at radius 3 is 2.55 bits per heavy atom. The number of hydrogen-bond donors (Lipinski definition) is 1. The number of aryl methyl sites for hydroxylation is 1. The second kappa shape index (κ2) is 10.2. The van der Waals surface area contributed by atoms with Crippen molar-refractivity contribution in [3.05, 3.63) is 65.4 Å². The molecule has 2 aromatic heterocycles. The molecule has 1 fully saturated rings. The minimum Gasteiger partial charge on any atom is -0.306 e. The predicted molar refractivity (Wildman–Crippen MR) is 150 cm³/mol. The Labute approximate surface area is 226 Å². The molecule has 0 saturated heterocycles. The molecule has 0 spiro atoms. The van der Waals surface area contributed by atoms with Crippen LogP contribution in [0.5, 0.6) is 0 Å². The van der Waals surface area contributed by atoms with Crippen LogP contribution in [0.3, 0.4) is 0 Å². The molecule has 2 aliphatic carbocycles. The van der Waals surface area contributed by atoms with E-state index in [1.807, 2.05) is 31.2 Å². The molecule has 198 valence electrons. The second-order valence-corrected chi connectivity index (χ2v) is 12.9. The van der Waals surface area contributed by atoms with Crippen molar-refractivity contribution in [3.63, 3.8) is 0 Å². The lowest BCUT2D eigenvalue weighted by Gasteiger charge is -2.32. The van der Waals surface area contributed by atoms with Crippen LogP contribution in [0.2, 0.25) is 0 Å². The Hall–Kier alpha value is -3.08. The van der Waals surface area contributed by atoms with Gasteiger partial charge in [0.05, 0.1) is 20.8 Å². The van der Waals surface area contributed by atoms with Crippen molar-refractivity contribution in [3.8, 4) is 5.13 Å². The molecular formula is C28H31N5O3S2. The van der Waals surface area contributed by atoms with Crippen LogP contribution in [0.15, 0.2) is 53.4 Å². The number of sulfonamides is 1. The van der Waals surface area contributed by atoms with Gasteiger partial charge in [0, 0.05) is 23.7 Å². The van der Waals surface area contributed by atoms with E-state index in [9.17, 15) is 13.2 Å². The fraction of sp³-hybridized carbons (Fsp3) is 0.393. The van der Waals surface area contributed by atoms with Crippen molar-refractivity contribution in [1.29, 1.82) is 0 Å². The first-order valence-corrected chi connectivity index (χ1v) is 15.6. The van der Waals surface area contributed by atoms with E-state index in [1.54, 1.807) is 33.3 Å². The van der Waals surface area contributed by atoms with Crippen LogP contribution in [0.4, 0.5) is 5.82 Å². The van der Waals surface area contributed by atoms with Gasteiger partial charge in [-0.05, 0) is 68.5 Å². The SMILES string of the molecule is CCN(C1CCCCC1)S(=O)(=O)c1ccc(C(=O)Nc2c3c(nn2-c2nc4ccccc4s2)CCC3)cc1. The maximum absolute atomic E-state index is 13.4. The fourth-order valence-electron chi connectivity index (χ4n) is 5.70. The van der Waals surface area contributed by atoms with Gasteiger partial charge >= 0.3 is 0 Å². The quantitative estimate of drug-likeness (QED) is 0.325.